The lowest BCUT2D eigenvalue weighted by Gasteiger charge is -2.45. The number of carbonyl (C=O) groups excluding carboxylic acids is 2. The van der Waals surface area contributed by atoms with Crippen LogP contribution in [0.4, 0.5) is 0 Å². The maximum Gasteiger partial charge on any atom is 0.348 e. The maximum absolute atomic E-state index is 14.0. The van der Waals surface area contributed by atoms with E-state index in [0.29, 0.717) is 51.2 Å². The largest absolute Gasteiger partial charge is 0.619 e. The molecule has 52 heavy (non-hydrogen) atoms. The number of likely N-dealkylation sites (N-methyl/N-ethyl adjacent to an activating group) is 1. The lowest BCUT2D eigenvalue weighted by Crippen LogP contribution is -2.54. The summed E-state index contributed by atoms with van der Waals surface area (Å²) in [6, 6.07) is 18.7. The highest BCUT2D eigenvalue weighted by Gasteiger charge is 2.43. The van der Waals surface area contributed by atoms with Crippen LogP contribution in [0, 0.1) is 11.1 Å². The molecule has 0 saturated carbocycles. The summed E-state index contributed by atoms with van der Waals surface area (Å²) in [7, 11) is 5.02. The highest BCUT2D eigenvalue weighted by molar-refractivity contribution is 7.13. The highest BCUT2D eigenvalue weighted by atomic mass is 35.5. The molecule has 2 aromatic heterocycles. The van der Waals surface area contributed by atoms with Crippen molar-refractivity contribution < 1.29 is 33.3 Å². The molecule has 2 bridgehead atoms. The van der Waals surface area contributed by atoms with Gasteiger partial charge in [-0.1, -0.05) is 59.6 Å². The van der Waals surface area contributed by atoms with Crippen molar-refractivity contribution in [2.24, 2.45) is 5.92 Å². The van der Waals surface area contributed by atoms with Crippen LogP contribution in [0.1, 0.15) is 57.1 Å². The molecule has 3 fully saturated rings. The van der Waals surface area contributed by atoms with Gasteiger partial charge in [0, 0.05) is 36.5 Å². The molecule has 276 valence electrons. The van der Waals surface area contributed by atoms with Crippen LogP contribution in [-0.2, 0) is 32.6 Å². The number of aromatic nitrogens is 1. The second-order valence-corrected chi connectivity index (χ2v) is 15.7. The summed E-state index contributed by atoms with van der Waals surface area (Å²) in [6.45, 7) is 5.81. The first-order valence-electron chi connectivity index (χ1n) is 17.2. The first kappa shape index (κ1) is 37.9. The van der Waals surface area contributed by atoms with Gasteiger partial charge in [0.05, 0.1) is 14.2 Å². The number of fused-ring (bicyclic) bond motifs is 3. The van der Waals surface area contributed by atoms with Gasteiger partial charge in [-0.15, -0.1) is 11.3 Å². The molecule has 5 heterocycles. The number of halogens is 2. The molecule has 13 heteroatoms. The molecule has 10 nitrogen and oxygen atoms in total. The molecule has 3 atom stereocenters. The van der Waals surface area contributed by atoms with E-state index in [4.69, 9.17) is 42.1 Å². The van der Waals surface area contributed by atoms with Crippen molar-refractivity contribution in [3.8, 4) is 11.5 Å². The van der Waals surface area contributed by atoms with E-state index in [2.05, 4.69) is 9.80 Å². The van der Waals surface area contributed by atoms with E-state index in [1.807, 2.05) is 50.4 Å². The molecule has 3 saturated heterocycles. The number of methoxy groups -OCH3 is 2. The third kappa shape index (κ3) is 8.50. The number of pyridine rings is 1. The van der Waals surface area contributed by atoms with Crippen LogP contribution in [0.3, 0.4) is 0 Å². The quantitative estimate of drug-likeness (QED) is 0.0773. The molecule has 0 spiro atoms. The second-order valence-electron chi connectivity index (χ2n) is 13.7. The normalized spacial score (nSPS) is 19.9. The number of thiophene rings is 1. The average molecular weight is 769 g/mol. The summed E-state index contributed by atoms with van der Waals surface area (Å²) in [5.74, 6) is 0.636. The van der Waals surface area contributed by atoms with Gasteiger partial charge in [-0.2, -0.15) is 4.73 Å². The number of esters is 2. The van der Waals surface area contributed by atoms with Crippen molar-refractivity contribution in [2.75, 3.05) is 47.4 Å². The Labute approximate surface area is 318 Å². The van der Waals surface area contributed by atoms with Crippen molar-refractivity contribution >= 4 is 46.5 Å². The molecular weight excluding hydrogens is 725 g/mol. The average Bonchev–Trinajstić information content (AvgIpc) is 3.61. The van der Waals surface area contributed by atoms with E-state index in [1.165, 1.54) is 38.0 Å². The number of ether oxygens (including phenoxy) is 4. The second kappa shape index (κ2) is 16.4. The monoisotopic (exact) mass is 767 g/mol. The number of rotatable bonds is 14. The van der Waals surface area contributed by atoms with Crippen molar-refractivity contribution in [1.82, 2.24) is 9.80 Å². The predicted molar refractivity (Wildman–Crippen MR) is 200 cm³/mol. The summed E-state index contributed by atoms with van der Waals surface area (Å²) in [6.07, 6.45) is 3.73. The third-order valence-corrected chi connectivity index (χ3v) is 11.8. The van der Waals surface area contributed by atoms with Crippen LogP contribution in [0.2, 0.25) is 10.0 Å². The minimum absolute atomic E-state index is 0.0889. The van der Waals surface area contributed by atoms with Crippen LogP contribution < -0.4 is 14.2 Å². The fourth-order valence-corrected chi connectivity index (χ4v) is 8.77. The SMILES string of the molecule is COc1ccc([C@H](Cc2c(Cl)c[n+]([O-])cc2Cl)OC(=O)c2ccc(CN(C)CC(C)(C(=O)O[C@@H]3CN4CCC3CC4)c3ccccc3)s2)cc1OC. The standard InChI is InChI=1S/C39H43Cl2N3O7S/c1-39(27-8-6-5-7-9-27,38(46)51-35-23-43-16-14-25(35)15-17-43)24-42(2)20-28-11-13-36(52-28)37(45)50-33(19-29-30(40)21-44(47)22-31(29)41)26-10-12-32(48-3)34(18-26)49-4/h5-13,18,21-22,25,33,35H,14-17,19-20,23-24H2,1-4H3/t33-,35+,39?/m0/s1. The van der Waals surface area contributed by atoms with Gasteiger partial charge < -0.3 is 24.2 Å². The Morgan fingerprint density at radius 2 is 1.71 bits per heavy atom. The van der Waals surface area contributed by atoms with E-state index >= 15 is 0 Å². The Morgan fingerprint density at radius 3 is 2.35 bits per heavy atom. The molecule has 4 aromatic rings. The van der Waals surface area contributed by atoms with E-state index < -0.39 is 17.5 Å². The maximum atomic E-state index is 14.0. The summed E-state index contributed by atoms with van der Waals surface area (Å²) < 4.78 is 23.8. The van der Waals surface area contributed by atoms with Crippen molar-refractivity contribution in [3.05, 3.63) is 115 Å². The van der Waals surface area contributed by atoms with Crippen LogP contribution >= 0.6 is 34.5 Å². The molecule has 3 aliphatic heterocycles. The van der Waals surface area contributed by atoms with Crippen LogP contribution in [0.5, 0.6) is 11.5 Å². The Bertz CT molecular complexity index is 1860. The van der Waals surface area contributed by atoms with Gasteiger partial charge in [-0.3, -0.25) is 14.6 Å². The number of hydrogen-bond donors (Lipinski definition) is 0. The number of piperidine rings is 3. The van der Waals surface area contributed by atoms with E-state index in [-0.39, 0.29) is 28.5 Å². The first-order chi connectivity index (χ1) is 25.0. The third-order valence-electron chi connectivity index (χ3n) is 10.1. The lowest BCUT2D eigenvalue weighted by atomic mass is 9.81. The number of carbonyl (C=O) groups is 2. The van der Waals surface area contributed by atoms with Gasteiger partial charge in [0.2, 0.25) is 0 Å². The zero-order valence-electron chi connectivity index (χ0n) is 29.7. The molecule has 1 unspecified atom stereocenters. The lowest BCUT2D eigenvalue weighted by molar-refractivity contribution is -0.605. The van der Waals surface area contributed by atoms with Gasteiger partial charge in [-0.25, -0.2) is 4.79 Å². The smallest absolute Gasteiger partial charge is 0.348 e. The Kier molecular flexibility index (Phi) is 12.0. The van der Waals surface area contributed by atoms with Crippen LogP contribution in [0.25, 0.3) is 0 Å². The molecule has 0 N–H and O–H groups in total. The van der Waals surface area contributed by atoms with Gasteiger partial charge in [0.25, 0.3) is 0 Å². The van der Waals surface area contributed by atoms with E-state index in [0.717, 1.165) is 42.9 Å². The van der Waals surface area contributed by atoms with E-state index in [1.54, 1.807) is 24.3 Å². The highest BCUT2D eigenvalue weighted by Crippen LogP contribution is 2.37. The molecule has 0 aliphatic carbocycles. The zero-order valence-corrected chi connectivity index (χ0v) is 32.0. The first-order valence-corrected chi connectivity index (χ1v) is 18.8. The predicted octanol–water partition coefficient (Wildman–Crippen LogP) is 6.87. The van der Waals surface area contributed by atoms with Crippen molar-refractivity contribution in [2.45, 2.75) is 50.4 Å². The fourth-order valence-electron chi connectivity index (χ4n) is 7.20. The topological polar surface area (TPSA) is 104 Å². The van der Waals surface area contributed by atoms with Crippen LogP contribution in [0.15, 0.2) is 73.1 Å². The summed E-state index contributed by atoms with van der Waals surface area (Å²) in [5, 5.41) is 12.2. The summed E-state index contributed by atoms with van der Waals surface area (Å²) >= 11 is 14.2. The van der Waals surface area contributed by atoms with Gasteiger partial charge >= 0.3 is 11.9 Å². The molecule has 7 rings (SSSR count). The van der Waals surface area contributed by atoms with Gasteiger partial charge in [0.15, 0.2) is 23.9 Å². The Morgan fingerprint density at radius 1 is 1.02 bits per heavy atom. The fraction of sp³-hybridized carbons (Fsp3) is 0.410. The summed E-state index contributed by atoms with van der Waals surface area (Å²) in [4.78, 5) is 33.5. The Balaban J connectivity index is 1.17. The molecular formula is C39H43Cl2N3O7S. The zero-order chi connectivity index (χ0) is 37.0. The molecule has 3 aliphatic rings. The van der Waals surface area contributed by atoms with Crippen LogP contribution in [-0.4, -0.2) is 75.3 Å². The molecule has 0 radical (unpaired) electrons. The minimum atomic E-state index is -0.904. The van der Waals surface area contributed by atoms with E-state index in [9.17, 15) is 14.8 Å². The van der Waals surface area contributed by atoms with Gasteiger partial charge in [0.1, 0.15) is 32.5 Å². The molecule has 0 amide bonds. The molecule has 2 aromatic carbocycles. The minimum Gasteiger partial charge on any atom is -0.619 e. The number of hydrogen-bond acceptors (Lipinski definition) is 10. The van der Waals surface area contributed by atoms with Gasteiger partial charge in [-0.05, 0) is 81.2 Å². The van der Waals surface area contributed by atoms with Crippen molar-refractivity contribution in [1.29, 1.82) is 0 Å². The van der Waals surface area contributed by atoms with Crippen molar-refractivity contribution in [3.63, 3.8) is 0 Å². The number of nitrogens with zero attached hydrogens (tertiary/aromatic N) is 3. The Hall–Kier alpha value is -3.87. The number of benzene rings is 2. The summed E-state index contributed by atoms with van der Waals surface area (Å²) in [5.41, 5.74) is 1.08.